The first kappa shape index (κ1) is 15.4. The molecule has 0 aliphatic heterocycles. The zero-order valence-corrected chi connectivity index (χ0v) is 12.1. The minimum absolute atomic E-state index is 0.179. The van der Waals surface area contributed by atoms with Gasteiger partial charge in [0.1, 0.15) is 23.7 Å². The maximum absolute atomic E-state index is 10.9. The van der Waals surface area contributed by atoms with Crippen molar-refractivity contribution in [1.82, 2.24) is 9.97 Å². The van der Waals surface area contributed by atoms with E-state index in [4.69, 9.17) is 0 Å². The average Bonchev–Trinajstić information content (AvgIpc) is 2.39. The average molecular weight is 264 g/mol. The van der Waals surface area contributed by atoms with Gasteiger partial charge in [-0.2, -0.15) is 0 Å². The van der Waals surface area contributed by atoms with Crippen molar-refractivity contribution in [1.29, 1.82) is 0 Å². The SMILES string of the molecule is CCCCCN(C)c1cc(NCCC(C)=O)ncn1. The molecule has 0 aromatic carbocycles. The van der Waals surface area contributed by atoms with E-state index in [-0.39, 0.29) is 5.78 Å². The number of carbonyl (C=O) groups is 1. The number of rotatable bonds is 9. The van der Waals surface area contributed by atoms with Crippen LogP contribution in [-0.4, -0.2) is 35.9 Å². The first-order valence-corrected chi connectivity index (χ1v) is 6.90. The second-order valence-electron chi connectivity index (χ2n) is 4.77. The number of anilines is 2. The van der Waals surface area contributed by atoms with E-state index < -0.39 is 0 Å². The molecule has 1 heterocycles. The number of hydrogen-bond acceptors (Lipinski definition) is 5. The van der Waals surface area contributed by atoms with Crippen molar-refractivity contribution in [2.75, 3.05) is 30.4 Å². The van der Waals surface area contributed by atoms with Gasteiger partial charge in [0, 0.05) is 32.6 Å². The van der Waals surface area contributed by atoms with Crippen LogP contribution in [0.4, 0.5) is 11.6 Å². The summed E-state index contributed by atoms with van der Waals surface area (Å²) in [4.78, 5) is 21.4. The number of hydrogen-bond donors (Lipinski definition) is 1. The molecule has 0 spiro atoms. The first-order valence-electron chi connectivity index (χ1n) is 6.90. The fraction of sp³-hybridized carbons (Fsp3) is 0.643. The second-order valence-corrected chi connectivity index (χ2v) is 4.77. The Hall–Kier alpha value is -1.65. The van der Waals surface area contributed by atoms with Crippen molar-refractivity contribution in [2.45, 2.75) is 39.5 Å². The summed E-state index contributed by atoms with van der Waals surface area (Å²) in [6.07, 6.45) is 5.70. The molecule has 0 aliphatic rings. The van der Waals surface area contributed by atoms with Crippen LogP contribution in [0.2, 0.25) is 0 Å². The van der Waals surface area contributed by atoms with E-state index in [2.05, 4.69) is 27.1 Å². The Labute approximate surface area is 115 Å². The Morgan fingerprint density at radius 1 is 1.37 bits per heavy atom. The van der Waals surface area contributed by atoms with Crippen molar-refractivity contribution in [3.05, 3.63) is 12.4 Å². The highest BCUT2D eigenvalue weighted by Crippen LogP contribution is 2.13. The van der Waals surface area contributed by atoms with Gasteiger partial charge in [-0.1, -0.05) is 19.8 Å². The highest BCUT2D eigenvalue weighted by Gasteiger charge is 2.04. The van der Waals surface area contributed by atoms with Crippen molar-refractivity contribution in [3.8, 4) is 0 Å². The standard InChI is InChI=1S/C14H24N4O/c1-4-5-6-9-18(3)14-10-13(16-11-17-14)15-8-7-12(2)19/h10-11H,4-9H2,1-3H3,(H,15,16,17). The van der Waals surface area contributed by atoms with Crippen molar-refractivity contribution < 1.29 is 4.79 Å². The smallest absolute Gasteiger partial charge is 0.133 e. The van der Waals surface area contributed by atoms with Gasteiger partial charge in [0.2, 0.25) is 0 Å². The first-order chi connectivity index (χ1) is 9.13. The lowest BCUT2D eigenvalue weighted by Gasteiger charge is -2.18. The topological polar surface area (TPSA) is 58.1 Å². The maximum atomic E-state index is 10.9. The van der Waals surface area contributed by atoms with Crippen LogP contribution in [0.5, 0.6) is 0 Å². The molecule has 0 amide bonds. The number of aromatic nitrogens is 2. The molecule has 0 radical (unpaired) electrons. The molecule has 0 atom stereocenters. The van der Waals surface area contributed by atoms with Crippen LogP contribution in [-0.2, 0) is 4.79 Å². The van der Waals surface area contributed by atoms with Crippen LogP contribution in [0.15, 0.2) is 12.4 Å². The van der Waals surface area contributed by atoms with Crippen LogP contribution >= 0.6 is 0 Å². The van der Waals surface area contributed by atoms with E-state index in [1.807, 2.05) is 13.1 Å². The lowest BCUT2D eigenvalue weighted by Crippen LogP contribution is -2.20. The van der Waals surface area contributed by atoms with Crippen LogP contribution < -0.4 is 10.2 Å². The predicted molar refractivity (Wildman–Crippen MR) is 78.6 cm³/mol. The molecular formula is C14H24N4O. The van der Waals surface area contributed by atoms with Crippen LogP contribution in [0.25, 0.3) is 0 Å². The van der Waals surface area contributed by atoms with Gasteiger partial charge >= 0.3 is 0 Å². The van der Waals surface area contributed by atoms with E-state index in [0.29, 0.717) is 13.0 Å². The van der Waals surface area contributed by atoms with E-state index in [9.17, 15) is 4.79 Å². The summed E-state index contributed by atoms with van der Waals surface area (Å²) in [5, 5.41) is 3.14. The number of nitrogens with zero attached hydrogens (tertiary/aromatic N) is 3. The molecule has 106 valence electrons. The van der Waals surface area contributed by atoms with Crippen LogP contribution in [0.3, 0.4) is 0 Å². The summed E-state index contributed by atoms with van der Waals surface area (Å²) in [5.74, 6) is 1.86. The molecule has 0 fully saturated rings. The Morgan fingerprint density at radius 2 is 2.16 bits per heavy atom. The van der Waals surface area contributed by atoms with E-state index in [1.54, 1.807) is 13.3 Å². The van der Waals surface area contributed by atoms with Crippen molar-refractivity contribution >= 4 is 17.4 Å². The summed E-state index contributed by atoms with van der Waals surface area (Å²) >= 11 is 0. The maximum Gasteiger partial charge on any atom is 0.133 e. The zero-order chi connectivity index (χ0) is 14.1. The molecule has 1 N–H and O–H groups in total. The summed E-state index contributed by atoms with van der Waals surface area (Å²) in [6, 6.07) is 1.92. The van der Waals surface area contributed by atoms with Gasteiger partial charge in [0.15, 0.2) is 0 Å². The molecule has 1 rings (SSSR count). The van der Waals surface area contributed by atoms with Gasteiger partial charge < -0.3 is 10.2 Å². The van der Waals surface area contributed by atoms with Crippen molar-refractivity contribution in [3.63, 3.8) is 0 Å². The number of unbranched alkanes of at least 4 members (excludes halogenated alkanes) is 2. The quantitative estimate of drug-likeness (QED) is 0.694. The number of carbonyl (C=O) groups excluding carboxylic acids is 1. The zero-order valence-electron chi connectivity index (χ0n) is 12.1. The number of nitrogens with one attached hydrogen (secondary N) is 1. The summed E-state index contributed by atoms with van der Waals surface area (Å²) in [7, 11) is 2.04. The van der Waals surface area contributed by atoms with Crippen molar-refractivity contribution in [2.24, 2.45) is 0 Å². The minimum atomic E-state index is 0.179. The molecule has 0 unspecified atom stereocenters. The fourth-order valence-electron chi connectivity index (χ4n) is 1.73. The summed E-state index contributed by atoms with van der Waals surface area (Å²) < 4.78 is 0. The monoisotopic (exact) mass is 264 g/mol. The third kappa shape index (κ3) is 6.18. The fourth-order valence-corrected chi connectivity index (χ4v) is 1.73. The van der Waals surface area contributed by atoms with Gasteiger partial charge in [0.05, 0.1) is 0 Å². The van der Waals surface area contributed by atoms with Crippen LogP contribution in [0.1, 0.15) is 39.5 Å². The van der Waals surface area contributed by atoms with Gasteiger partial charge in [-0.15, -0.1) is 0 Å². The van der Waals surface area contributed by atoms with Gasteiger partial charge in [-0.05, 0) is 13.3 Å². The lowest BCUT2D eigenvalue weighted by atomic mass is 10.2. The van der Waals surface area contributed by atoms with Gasteiger partial charge in [-0.3, -0.25) is 4.79 Å². The third-order valence-electron chi connectivity index (χ3n) is 2.92. The number of ketones is 1. The Morgan fingerprint density at radius 3 is 2.84 bits per heavy atom. The highest BCUT2D eigenvalue weighted by atomic mass is 16.1. The predicted octanol–water partition coefficient (Wildman–Crippen LogP) is 2.49. The lowest BCUT2D eigenvalue weighted by molar-refractivity contribution is -0.116. The molecule has 5 nitrogen and oxygen atoms in total. The van der Waals surface area contributed by atoms with Gasteiger partial charge in [0.25, 0.3) is 0 Å². The Bertz CT molecular complexity index is 395. The van der Waals surface area contributed by atoms with E-state index in [0.717, 1.165) is 18.2 Å². The highest BCUT2D eigenvalue weighted by molar-refractivity contribution is 5.75. The molecule has 1 aromatic heterocycles. The Kier molecular flexibility index (Phi) is 6.85. The summed E-state index contributed by atoms with van der Waals surface area (Å²) in [5.41, 5.74) is 0. The molecule has 0 saturated heterocycles. The molecule has 0 bridgehead atoms. The molecular weight excluding hydrogens is 240 g/mol. The minimum Gasteiger partial charge on any atom is -0.369 e. The Balaban J connectivity index is 2.48. The van der Waals surface area contributed by atoms with E-state index >= 15 is 0 Å². The third-order valence-corrected chi connectivity index (χ3v) is 2.92. The van der Waals surface area contributed by atoms with E-state index in [1.165, 1.54) is 19.3 Å². The largest absolute Gasteiger partial charge is 0.369 e. The second kappa shape index (κ2) is 8.45. The van der Waals surface area contributed by atoms with Gasteiger partial charge in [-0.25, -0.2) is 9.97 Å². The molecule has 5 heteroatoms. The molecule has 19 heavy (non-hydrogen) atoms. The van der Waals surface area contributed by atoms with Crippen LogP contribution in [0, 0.1) is 0 Å². The molecule has 0 aliphatic carbocycles. The summed E-state index contributed by atoms with van der Waals surface area (Å²) in [6.45, 7) is 5.40. The molecule has 0 saturated carbocycles. The molecule has 1 aromatic rings. The number of Topliss-reactive ketones (excluding diaryl/α,β-unsaturated/α-hetero) is 1. The normalized spacial score (nSPS) is 10.3.